The molecule has 1 aromatic carbocycles. The van der Waals surface area contributed by atoms with Gasteiger partial charge in [0, 0.05) is 13.2 Å². The van der Waals surface area contributed by atoms with Crippen LogP contribution in [0.1, 0.15) is 19.8 Å². The lowest BCUT2D eigenvalue weighted by atomic mass is 10.0. The summed E-state index contributed by atoms with van der Waals surface area (Å²) in [6.45, 7) is 2.73. The SMILES string of the molecule is CC1(CNc2c(F)cc([N+](=O)[O-])cc2F)CCCO1. The van der Waals surface area contributed by atoms with Crippen molar-refractivity contribution in [1.82, 2.24) is 0 Å². The van der Waals surface area contributed by atoms with Crippen molar-refractivity contribution >= 4 is 11.4 Å². The Kier molecular flexibility index (Phi) is 3.66. The molecule has 0 aromatic heterocycles. The van der Waals surface area contributed by atoms with Crippen molar-refractivity contribution in [2.45, 2.75) is 25.4 Å². The van der Waals surface area contributed by atoms with Gasteiger partial charge in [-0.15, -0.1) is 0 Å². The monoisotopic (exact) mass is 272 g/mol. The van der Waals surface area contributed by atoms with Crippen LogP contribution >= 0.6 is 0 Å². The first-order valence-electron chi connectivity index (χ1n) is 5.92. The molecule has 2 rings (SSSR count). The lowest BCUT2D eigenvalue weighted by molar-refractivity contribution is -0.385. The lowest BCUT2D eigenvalue weighted by Gasteiger charge is -2.24. The van der Waals surface area contributed by atoms with Crippen molar-refractivity contribution in [2.24, 2.45) is 0 Å². The van der Waals surface area contributed by atoms with Gasteiger partial charge in [-0.1, -0.05) is 0 Å². The largest absolute Gasteiger partial charge is 0.377 e. The van der Waals surface area contributed by atoms with Gasteiger partial charge in [0.25, 0.3) is 5.69 Å². The highest BCUT2D eigenvalue weighted by Crippen LogP contribution is 2.28. The van der Waals surface area contributed by atoms with Gasteiger partial charge < -0.3 is 10.1 Å². The molecule has 1 heterocycles. The number of benzene rings is 1. The molecule has 0 bridgehead atoms. The minimum atomic E-state index is -0.978. The molecule has 0 spiro atoms. The second-order valence-corrected chi connectivity index (χ2v) is 4.80. The number of nitrogens with zero attached hydrogens (tertiary/aromatic N) is 1. The highest BCUT2D eigenvalue weighted by atomic mass is 19.1. The van der Waals surface area contributed by atoms with Crippen LogP contribution in [-0.2, 0) is 4.74 Å². The topological polar surface area (TPSA) is 64.4 Å². The maximum absolute atomic E-state index is 13.6. The van der Waals surface area contributed by atoms with Gasteiger partial charge in [-0.3, -0.25) is 10.1 Å². The van der Waals surface area contributed by atoms with E-state index in [0.717, 1.165) is 12.8 Å². The van der Waals surface area contributed by atoms with E-state index in [4.69, 9.17) is 4.74 Å². The molecule has 0 aliphatic carbocycles. The summed E-state index contributed by atoms with van der Waals surface area (Å²) in [5.74, 6) is -1.96. The van der Waals surface area contributed by atoms with E-state index in [1.165, 1.54) is 0 Å². The minimum absolute atomic E-state index is 0.249. The van der Waals surface area contributed by atoms with Crippen molar-refractivity contribution in [3.05, 3.63) is 33.9 Å². The van der Waals surface area contributed by atoms with Crippen LogP contribution in [0.5, 0.6) is 0 Å². The fraction of sp³-hybridized carbons (Fsp3) is 0.500. The zero-order valence-electron chi connectivity index (χ0n) is 10.4. The third kappa shape index (κ3) is 2.98. The van der Waals surface area contributed by atoms with Crippen molar-refractivity contribution in [3.63, 3.8) is 0 Å². The van der Waals surface area contributed by atoms with Crippen molar-refractivity contribution in [1.29, 1.82) is 0 Å². The molecular weight excluding hydrogens is 258 g/mol. The van der Waals surface area contributed by atoms with Gasteiger partial charge in [0.05, 0.1) is 22.7 Å². The molecule has 19 heavy (non-hydrogen) atoms. The van der Waals surface area contributed by atoms with Crippen molar-refractivity contribution < 1.29 is 18.4 Å². The number of nitrogens with one attached hydrogen (secondary N) is 1. The second-order valence-electron chi connectivity index (χ2n) is 4.80. The van der Waals surface area contributed by atoms with E-state index in [0.29, 0.717) is 18.7 Å². The van der Waals surface area contributed by atoms with Crippen LogP contribution in [0.25, 0.3) is 0 Å². The van der Waals surface area contributed by atoms with Crippen LogP contribution < -0.4 is 5.32 Å². The summed E-state index contributed by atoms with van der Waals surface area (Å²) in [5.41, 5.74) is -1.42. The van der Waals surface area contributed by atoms with Crippen LogP contribution in [-0.4, -0.2) is 23.7 Å². The Morgan fingerprint density at radius 1 is 1.47 bits per heavy atom. The summed E-state index contributed by atoms with van der Waals surface area (Å²) in [6, 6.07) is 1.40. The Balaban J connectivity index is 2.14. The number of nitro groups is 1. The predicted octanol–water partition coefficient (Wildman–Crippen LogP) is 2.85. The summed E-state index contributed by atoms with van der Waals surface area (Å²) >= 11 is 0. The molecule has 0 amide bonds. The lowest BCUT2D eigenvalue weighted by Crippen LogP contribution is -2.33. The molecule has 1 N–H and O–H groups in total. The van der Waals surface area contributed by atoms with E-state index in [1.54, 1.807) is 0 Å². The molecule has 1 atom stereocenters. The Bertz CT molecular complexity index is 479. The van der Waals surface area contributed by atoms with E-state index in [9.17, 15) is 18.9 Å². The molecule has 7 heteroatoms. The molecule has 1 fully saturated rings. The van der Waals surface area contributed by atoms with Crippen LogP contribution in [0.2, 0.25) is 0 Å². The average molecular weight is 272 g/mol. The molecule has 1 unspecified atom stereocenters. The van der Waals surface area contributed by atoms with E-state index in [1.807, 2.05) is 6.92 Å². The van der Waals surface area contributed by atoms with Gasteiger partial charge in [-0.05, 0) is 19.8 Å². The van der Waals surface area contributed by atoms with Crippen molar-refractivity contribution in [3.8, 4) is 0 Å². The molecular formula is C12H14F2N2O3. The van der Waals surface area contributed by atoms with Crippen LogP contribution in [0.15, 0.2) is 12.1 Å². The van der Waals surface area contributed by atoms with Crippen LogP contribution in [0, 0.1) is 21.7 Å². The fourth-order valence-corrected chi connectivity index (χ4v) is 2.09. The van der Waals surface area contributed by atoms with Crippen LogP contribution in [0.3, 0.4) is 0 Å². The molecule has 1 aliphatic heterocycles. The summed E-state index contributed by atoms with van der Waals surface area (Å²) in [6.07, 6.45) is 1.71. The molecule has 1 saturated heterocycles. The number of halogens is 2. The number of non-ortho nitro benzene ring substituents is 1. The number of hydrogen-bond acceptors (Lipinski definition) is 4. The quantitative estimate of drug-likeness (QED) is 0.676. The average Bonchev–Trinajstić information content (AvgIpc) is 2.75. The summed E-state index contributed by atoms with van der Waals surface area (Å²) in [5, 5.41) is 13.1. The van der Waals surface area contributed by atoms with Gasteiger partial charge in [0.15, 0.2) is 11.6 Å². The van der Waals surface area contributed by atoms with E-state index in [-0.39, 0.29) is 12.2 Å². The van der Waals surface area contributed by atoms with E-state index < -0.39 is 27.8 Å². The summed E-state index contributed by atoms with van der Waals surface area (Å²) in [4.78, 5) is 9.63. The maximum Gasteiger partial charge on any atom is 0.275 e. The van der Waals surface area contributed by atoms with Gasteiger partial charge in [-0.2, -0.15) is 0 Å². The third-order valence-corrected chi connectivity index (χ3v) is 3.18. The Labute approximate surface area is 108 Å². The second kappa shape index (κ2) is 5.08. The van der Waals surface area contributed by atoms with Gasteiger partial charge in [0.2, 0.25) is 0 Å². The Morgan fingerprint density at radius 2 is 2.11 bits per heavy atom. The smallest absolute Gasteiger partial charge is 0.275 e. The van der Waals surface area contributed by atoms with E-state index >= 15 is 0 Å². The fourth-order valence-electron chi connectivity index (χ4n) is 2.09. The maximum atomic E-state index is 13.6. The Hall–Kier alpha value is -1.76. The first kappa shape index (κ1) is 13.7. The number of rotatable bonds is 4. The Morgan fingerprint density at radius 3 is 2.58 bits per heavy atom. The molecule has 0 radical (unpaired) electrons. The molecule has 104 valence electrons. The number of hydrogen-bond donors (Lipinski definition) is 1. The van der Waals surface area contributed by atoms with Gasteiger partial charge in [0.1, 0.15) is 5.69 Å². The third-order valence-electron chi connectivity index (χ3n) is 3.18. The minimum Gasteiger partial charge on any atom is -0.377 e. The van der Waals surface area contributed by atoms with E-state index in [2.05, 4.69) is 5.32 Å². The first-order chi connectivity index (χ1) is 8.91. The van der Waals surface area contributed by atoms with Crippen molar-refractivity contribution in [2.75, 3.05) is 18.5 Å². The number of ether oxygens (including phenoxy) is 1. The highest BCUT2D eigenvalue weighted by Gasteiger charge is 2.30. The molecule has 1 aliphatic rings. The van der Waals surface area contributed by atoms with Gasteiger partial charge in [-0.25, -0.2) is 8.78 Å². The van der Waals surface area contributed by atoms with Gasteiger partial charge >= 0.3 is 0 Å². The molecule has 5 nitrogen and oxygen atoms in total. The first-order valence-corrected chi connectivity index (χ1v) is 5.92. The molecule has 1 aromatic rings. The standard InChI is InChI=1S/C12H14F2N2O3/c1-12(3-2-4-19-12)7-15-11-9(13)5-8(16(17)18)6-10(11)14/h5-6,15H,2-4,7H2,1H3. The molecule has 0 saturated carbocycles. The zero-order chi connectivity index (χ0) is 14.0. The predicted molar refractivity (Wildman–Crippen MR) is 65.1 cm³/mol. The summed E-state index contributed by atoms with van der Waals surface area (Å²) in [7, 11) is 0. The number of anilines is 1. The number of nitro benzene ring substituents is 1. The summed E-state index contributed by atoms with van der Waals surface area (Å²) < 4.78 is 32.7. The van der Waals surface area contributed by atoms with Crippen LogP contribution in [0.4, 0.5) is 20.2 Å². The zero-order valence-corrected chi connectivity index (χ0v) is 10.4. The highest BCUT2D eigenvalue weighted by molar-refractivity contribution is 5.51. The normalized spacial score (nSPS) is 22.5.